The quantitative estimate of drug-likeness (QED) is 0.469. The van der Waals surface area contributed by atoms with Crippen LogP contribution in [0.5, 0.6) is 0 Å². The Hall–Kier alpha value is -1.43. The normalized spacial score (nSPS) is 10.6. The van der Waals surface area contributed by atoms with E-state index in [1.54, 1.807) is 0 Å². The Morgan fingerprint density at radius 2 is 1.42 bits per heavy atom. The van der Waals surface area contributed by atoms with Gasteiger partial charge in [-0.05, 0) is 6.92 Å². The molecule has 0 rings (SSSR count). The number of carboxylic acid groups (broad SMARTS) is 2. The molecular weight excluding hydrogens is 166 g/mol. The summed E-state index contributed by atoms with van der Waals surface area (Å²) in [5.41, 5.74) is 4.84. The van der Waals surface area contributed by atoms with Gasteiger partial charge in [0.2, 0.25) is 5.78 Å². The van der Waals surface area contributed by atoms with Gasteiger partial charge in [-0.25, -0.2) is 4.79 Å². The van der Waals surface area contributed by atoms with Crippen molar-refractivity contribution in [3.8, 4) is 0 Å². The maximum atomic E-state index is 9.57. The van der Waals surface area contributed by atoms with Crippen LogP contribution in [0.2, 0.25) is 0 Å². The van der Waals surface area contributed by atoms with Crippen molar-refractivity contribution in [2.24, 2.45) is 5.73 Å². The minimum Gasteiger partial charge on any atom is -0.480 e. The maximum Gasteiger partial charge on any atom is 0.371 e. The Bertz CT molecular complexity index is 174. The lowest BCUT2D eigenvalue weighted by atomic mass is 10.4. The highest BCUT2D eigenvalue weighted by Gasteiger charge is 1.99. The van der Waals surface area contributed by atoms with Crippen LogP contribution in [0.3, 0.4) is 0 Å². The molecule has 0 bridgehead atoms. The van der Waals surface area contributed by atoms with Crippen LogP contribution in [-0.4, -0.2) is 34.0 Å². The smallest absolute Gasteiger partial charge is 0.371 e. The lowest BCUT2D eigenvalue weighted by molar-refractivity contribution is -0.148. The fraction of sp³-hybridized carbons (Fsp3) is 0.500. The third-order valence-corrected chi connectivity index (χ3v) is 0.691. The van der Waals surface area contributed by atoms with Crippen molar-refractivity contribution in [1.29, 1.82) is 0 Å². The largest absolute Gasteiger partial charge is 0.480 e. The number of carboxylic acids is 2. The highest BCUT2D eigenvalue weighted by atomic mass is 16.4. The molecule has 0 amide bonds. The molecule has 0 heterocycles. The molecule has 4 N–H and O–H groups in total. The summed E-state index contributed by atoms with van der Waals surface area (Å²) < 4.78 is 0. The van der Waals surface area contributed by atoms with Crippen molar-refractivity contribution in [1.82, 2.24) is 0 Å². The number of nitrogens with two attached hydrogens (primary N) is 1. The molecule has 70 valence electrons. The number of carbonyl (C=O) groups excluding carboxylic acids is 1. The molecule has 0 saturated carbocycles. The second kappa shape index (κ2) is 6.29. The van der Waals surface area contributed by atoms with Crippen LogP contribution in [0.15, 0.2) is 0 Å². The van der Waals surface area contributed by atoms with Gasteiger partial charge in [-0.1, -0.05) is 0 Å². The zero-order valence-corrected chi connectivity index (χ0v) is 6.77. The molecule has 1 atom stereocenters. The lowest BCUT2D eigenvalue weighted by Crippen LogP contribution is -2.25. The van der Waals surface area contributed by atoms with E-state index in [9.17, 15) is 14.4 Å². The van der Waals surface area contributed by atoms with Crippen LogP contribution in [-0.2, 0) is 14.4 Å². The van der Waals surface area contributed by atoms with Crippen LogP contribution >= 0.6 is 0 Å². The Morgan fingerprint density at radius 3 is 1.42 bits per heavy atom. The van der Waals surface area contributed by atoms with Gasteiger partial charge in [0.1, 0.15) is 6.04 Å². The second-order valence-corrected chi connectivity index (χ2v) is 1.99. The third kappa shape index (κ3) is 11.4. The Balaban J connectivity index is 0. The van der Waals surface area contributed by atoms with E-state index in [1.165, 1.54) is 6.92 Å². The standard InChI is InChI=1S/C3H7NO2.C3H4O3/c2*1-2(4)3(5)6/h2H,4H2,1H3,(H,5,6);1H3,(H,5,6)/t2-;/m0./s1. The Morgan fingerprint density at radius 1 is 1.25 bits per heavy atom. The average Bonchev–Trinajstić information content (AvgIpc) is 1.88. The second-order valence-electron chi connectivity index (χ2n) is 1.99. The van der Waals surface area contributed by atoms with E-state index in [-0.39, 0.29) is 0 Å². The van der Waals surface area contributed by atoms with Crippen molar-refractivity contribution in [3.05, 3.63) is 0 Å². The van der Waals surface area contributed by atoms with Gasteiger partial charge < -0.3 is 15.9 Å². The number of aliphatic carboxylic acids is 2. The summed E-state index contributed by atoms with van der Waals surface area (Å²) in [6.07, 6.45) is 0. The summed E-state index contributed by atoms with van der Waals surface area (Å²) in [7, 11) is 0. The molecule has 0 aromatic carbocycles. The van der Waals surface area contributed by atoms with Gasteiger partial charge in [-0.3, -0.25) is 9.59 Å². The minimum absolute atomic E-state index is 0.731. The fourth-order valence-corrected chi connectivity index (χ4v) is 0. The molecule has 0 aliphatic carbocycles. The first kappa shape index (κ1) is 13.2. The number of Topliss-reactive ketones (excluding diaryl/α,β-unsaturated/α-hetero) is 1. The molecule has 0 radical (unpaired) electrons. The summed E-state index contributed by atoms with van der Waals surface area (Å²) in [5, 5.41) is 15.5. The van der Waals surface area contributed by atoms with Gasteiger partial charge in [0, 0.05) is 6.92 Å². The van der Waals surface area contributed by atoms with E-state index in [1.807, 2.05) is 0 Å². The molecule has 0 aromatic heterocycles. The molecule has 0 unspecified atom stereocenters. The van der Waals surface area contributed by atoms with Gasteiger partial charge in [0.25, 0.3) is 0 Å². The molecule has 0 aliphatic heterocycles. The number of rotatable bonds is 2. The first-order chi connectivity index (χ1) is 5.29. The Labute approximate surface area is 69.0 Å². The summed E-state index contributed by atoms with van der Waals surface area (Å²) in [6.45, 7) is 2.42. The van der Waals surface area contributed by atoms with Crippen LogP contribution in [0, 0.1) is 0 Å². The fourth-order valence-electron chi connectivity index (χ4n) is 0. The number of hydrogen-bond donors (Lipinski definition) is 3. The topological polar surface area (TPSA) is 118 Å². The van der Waals surface area contributed by atoms with Gasteiger partial charge in [-0.2, -0.15) is 0 Å². The monoisotopic (exact) mass is 177 g/mol. The van der Waals surface area contributed by atoms with Crippen molar-refractivity contribution in [2.75, 3.05) is 0 Å². The summed E-state index contributed by atoms with van der Waals surface area (Å²) >= 11 is 0. The van der Waals surface area contributed by atoms with Crippen molar-refractivity contribution in [3.63, 3.8) is 0 Å². The SMILES string of the molecule is CC(=O)C(=O)O.C[C@H](N)C(=O)O. The first-order valence-corrected chi connectivity index (χ1v) is 3.01. The minimum atomic E-state index is -1.38. The summed E-state index contributed by atoms with van der Waals surface area (Å²) in [5.74, 6) is -3.17. The molecular formula is C6H11NO5. The van der Waals surface area contributed by atoms with Gasteiger partial charge in [0.15, 0.2) is 0 Å². The van der Waals surface area contributed by atoms with E-state index in [2.05, 4.69) is 0 Å². The van der Waals surface area contributed by atoms with Crippen LogP contribution in [0.4, 0.5) is 0 Å². The van der Waals surface area contributed by atoms with Gasteiger partial charge in [-0.15, -0.1) is 0 Å². The maximum absolute atomic E-state index is 9.57. The number of carbonyl (C=O) groups is 3. The van der Waals surface area contributed by atoms with E-state index >= 15 is 0 Å². The molecule has 12 heavy (non-hydrogen) atoms. The molecule has 0 aromatic rings. The van der Waals surface area contributed by atoms with Gasteiger partial charge >= 0.3 is 11.9 Å². The molecule has 6 nitrogen and oxygen atoms in total. The zero-order chi connectivity index (χ0) is 10.3. The predicted octanol–water partition coefficient (Wildman–Crippen LogP) is -0.922. The number of ketones is 1. The zero-order valence-electron chi connectivity index (χ0n) is 6.77. The molecule has 0 saturated heterocycles. The van der Waals surface area contributed by atoms with Crippen molar-refractivity contribution >= 4 is 17.7 Å². The third-order valence-electron chi connectivity index (χ3n) is 0.691. The highest BCUT2D eigenvalue weighted by molar-refractivity contribution is 6.31. The van der Waals surface area contributed by atoms with E-state index in [4.69, 9.17) is 15.9 Å². The van der Waals surface area contributed by atoms with Crippen molar-refractivity contribution < 1.29 is 24.6 Å². The first-order valence-electron chi connectivity index (χ1n) is 3.01. The molecule has 0 fully saturated rings. The van der Waals surface area contributed by atoms with Crippen LogP contribution in [0.25, 0.3) is 0 Å². The van der Waals surface area contributed by atoms with E-state index in [0.717, 1.165) is 6.92 Å². The van der Waals surface area contributed by atoms with Crippen LogP contribution < -0.4 is 5.73 Å². The predicted molar refractivity (Wildman–Crippen MR) is 39.6 cm³/mol. The molecule has 0 spiro atoms. The van der Waals surface area contributed by atoms with E-state index in [0.29, 0.717) is 0 Å². The summed E-state index contributed by atoms with van der Waals surface area (Å²) in [4.78, 5) is 28.5. The Kier molecular flexibility index (Phi) is 6.91. The summed E-state index contributed by atoms with van der Waals surface area (Å²) in [6, 6.07) is -0.731. The number of hydrogen-bond acceptors (Lipinski definition) is 4. The van der Waals surface area contributed by atoms with Crippen molar-refractivity contribution in [2.45, 2.75) is 19.9 Å². The van der Waals surface area contributed by atoms with E-state index < -0.39 is 23.8 Å². The lowest BCUT2D eigenvalue weighted by Gasteiger charge is -1.90. The van der Waals surface area contributed by atoms with Gasteiger partial charge in [0.05, 0.1) is 0 Å². The average molecular weight is 177 g/mol. The highest BCUT2D eigenvalue weighted by Crippen LogP contribution is 1.68. The molecule has 6 heteroatoms. The molecule has 0 aliphatic rings. The van der Waals surface area contributed by atoms with Crippen LogP contribution in [0.1, 0.15) is 13.8 Å².